The SMILES string of the molecule is Nc1cnc(NCC(F)F)c(Cl)c1. The quantitative estimate of drug-likeness (QED) is 0.797. The highest BCUT2D eigenvalue weighted by Gasteiger charge is 2.05. The Morgan fingerprint density at radius 3 is 2.85 bits per heavy atom. The minimum absolute atomic E-state index is 0.219. The van der Waals surface area contributed by atoms with Crippen LogP contribution >= 0.6 is 11.6 Å². The van der Waals surface area contributed by atoms with Crippen LogP contribution in [0, 0.1) is 0 Å². The van der Waals surface area contributed by atoms with Gasteiger partial charge in [-0.15, -0.1) is 0 Å². The Balaban J connectivity index is 2.67. The van der Waals surface area contributed by atoms with E-state index in [0.29, 0.717) is 5.69 Å². The first-order valence-corrected chi connectivity index (χ1v) is 3.90. The number of pyridine rings is 1. The molecule has 72 valence electrons. The third-order valence-corrected chi connectivity index (χ3v) is 1.57. The van der Waals surface area contributed by atoms with Crippen LogP contribution in [0.5, 0.6) is 0 Å². The van der Waals surface area contributed by atoms with Crippen LogP contribution in [0.2, 0.25) is 5.02 Å². The number of hydrogen-bond acceptors (Lipinski definition) is 3. The molecule has 0 aliphatic carbocycles. The molecule has 0 bridgehead atoms. The lowest BCUT2D eigenvalue weighted by atomic mass is 10.4. The smallest absolute Gasteiger partial charge is 0.255 e. The molecular weight excluding hydrogens is 200 g/mol. The van der Waals surface area contributed by atoms with Gasteiger partial charge in [0.15, 0.2) is 0 Å². The van der Waals surface area contributed by atoms with Crippen molar-refractivity contribution in [2.75, 3.05) is 17.6 Å². The number of alkyl halides is 2. The van der Waals surface area contributed by atoms with Crippen molar-refractivity contribution < 1.29 is 8.78 Å². The van der Waals surface area contributed by atoms with Gasteiger partial charge in [0.2, 0.25) is 0 Å². The maximum atomic E-state index is 11.8. The van der Waals surface area contributed by atoms with Crippen LogP contribution in [0.4, 0.5) is 20.3 Å². The second-order valence-corrected chi connectivity index (χ2v) is 2.78. The molecule has 13 heavy (non-hydrogen) atoms. The molecular formula is C7H8ClF2N3. The van der Waals surface area contributed by atoms with Gasteiger partial charge in [-0.05, 0) is 6.07 Å². The van der Waals surface area contributed by atoms with Crippen molar-refractivity contribution >= 4 is 23.1 Å². The zero-order valence-corrected chi connectivity index (χ0v) is 7.35. The number of nitrogens with two attached hydrogens (primary N) is 1. The third kappa shape index (κ3) is 3.02. The summed E-state index contributed by atoms with van der Waals surface area (Å²) in [6.45, 7) is -0.476. The van der Waals surface area contributed by atoms with Crippen molar-refractivity contribution in [1.29, 1.82) is 0 Å². The summed E-state index contributed by atoms with van der Waals surface area (Å²) in [4.78, 5) is 3.75. The lowest BCUT2D eigenvalue weighted by Gasteiger charge is -2.06. The number of nitrogens with one attached hydrogen (secondary N) is 1. The molecule has 0 amide bonds. The summed E-state index contributed by atoms with van der Waals surface area (Å²) in [5.74, 6) is 0.219. The fourth-order valence-corrected chi connectivity index (χ4v) is 0.998. The first kappa shape index (κ1) is 9.98. The average molecular weight is 208 g/mol. The molecule has 1 aromatic heterocycles. The fraction of sp³-hybridized carbons (Fsp3) is 0.286. The topological polar surface area (TPSA) is 50.9 Å². The van der Waals surface area contributed by atoms with E-state index >= 15 is 0 Å². The van der Waals surface area contributed by atoms with Crippen LogP contribution in [-0.4, -0.2) is 18.0 Å². The average Bonchev–Trinajstić information content (AvgIpc) is 2.02. The first-order chi connectivity index (χ1) is 6.09. The van der Waals surface area contributed by atoms with Crippen molar-refractivity contribution in [2.24, 2.45) is 0 Å². The van der Waals surface area contributed by atoms with Crippen molar-refractivity contribution in [3.63, 3.8) is 0 Å². The van der Waals surface area contributed by atoms with Gasteiger partial charge in [0.25, 0.3) is 6.43 Å². The zero-order valence-electron chi connectivity index (χ0n) is 6.60. The number of anilines is 2. The molecule has 0 atom stereocenters. The van der Waals surface area contributed by atoms with E-state index in [4.69, 9.17) is 17.3 Å². The van der Waals surface area contributed by atoms with Crippen molar-refractivity contribution in [3.05, 3.63) is 17.3 Å². The molecule has 0 saturated heterocycles. The summed E-state index contributed by atoms with van der Waals surface area (Å²) in [6.07, 6.45) is -1.09. The van der Waals surface area contributed by atoms with Gasteiger partial charge in [-0.1, -0.05) is 11.6 Å². The van der Waals surface area contributed by atoms with Crippen molar-refractivity contribution in [3.8, 4) is 0 Å². The Morgan fingerprint density at radius 2 is 2.31 bits per heavy atom. The first-order valence-electron chi connectivity index (χ1n) is 3.52. The summed E-state index contributed by atoms with van der Waals surface area (Å²) >= 11 is 5.66. The maximum Gasteiger partial charge on any atom is 0.255 e. The lowest BCUT2D eigenvalue weighted by molar-refractivity contribution is 0.163. The van der Waals surface area contributed by atoms with Crippen LogP contribution in [0.1, 0.15) is 0 Å². The van der Waals surface area contributed by atoms with Gasteiger partial charge in [0, 0.05) is 0 Å². The van der Waals surface area contributed by atoms with E-state index in [1.54, 1.807) is 0 Å². The molecule has 0 spiro atoms. The highest BCUT2D eigenvalue weighted by molar-refractivity contribution is 6.33. The molecule has 0 unspecified atom stereocenters. The molecule has 3 nitrogen and oxygen atoms in total. The van der Waals surface area contributed by atoms with Gasteiger partial charge in [-0.25, -0.2) is 13.8 Å². The summed E-state index contributed by atoms with van der Waals surface area (Å²) in [5.41, 5.74) is 5.76. The van der Waals surface area contributed by atoms with E-state index in [1.807, 2.05) is 0 Å². The second kappa shape index (κ2) is 4.23. The normalized spacial score (nSPS) is 10.5. The van der Waals surface area contributed by atoms with Crippen LogP contribution in [0.3, 0.4) is 0 Å². The fourth-order valence-electron chi connectivity index (χ4n) is 0.757. The van der Waals surface area contributed by atoms with E-state index in [9.17, 15) is 8.78 Å². The molecule has 6 heteroatoms. The van der Waals surface area contributed by atoms with E-state index in [2.05, 4.69) is 10.3 Å². The zero-order chi connectivity index (χ0) is 9.84. The Labute approximate surface area is 78.9 Å². The molecule has 0 radical (unpaired) electrons. The molecule has 1 rings (SSSR count). The minimum atomic E-state index is -2.43. The Bertz CT molecular complexity index is 293. The van der Waals surface area contributed by atoms with E-state index < -0.39 is 13.0 Å². The largest absolute Gasteiger partial charge is 0.397 e. The van der Waals surface area contributed by atoms with E-state index in [0.717, 1.165) is 0 Å². The number of rotatable bonds is 3. The number of nitrogen functional groups attached to an aromatic ring is 1. The standard InChI is InChI=1S/C7H8ClF2N3/c8-5-1-4(11)2-12-7(5)13-3-6(9)10/h1-2,6H,3,11H2,(H,12,13). The highest BCUT2D eigenvalue weighted by Crippen LogP contribution is 2.20. The van der Waals surface area contributed by atoms with Gasteiger partial charge in [-0.3, -0.25) is 0 Å². The van der Waals surface area contributed by atoms with Crippen LogP contribution in [0.15, 0.2) is 12.3 Å². The van der Waals surface area contributed by atoms with Crippen LogP contribution in [-0.2, 0) is 0 Å². The predicted octanol–water partition coefficient (Wildman–Crippen LogP) is 1.99. The minimum Gasteiger partial charge on any atom is -0.397 e. The van der Waals surface area contributed by atoms with Crippen molar-refractivity contribution in [2.45, 2.75) is 6.43 Å². The van der Waals surface area contributed by atoms with Gasteiger partial charge < -0.3 is 11.1 Å². The van der Waals surface area contributed by atoms with Crippen molar-refractivity contribution in [1.82, 2.24) is 4.98 Å². The number of nitrogens with zero attached hydrogens (tertiary/aromatic N) is 1. The maximum absolute atomic E-state index is 11.8. The second-order valence-electron chi connectivity index (χ2n) is 2.37. The monoisotopic (exact) mass is 207 g/mol. The Morgan fingerprint density at radius 1 is 1.62 bits per heavy atom. The molecule has 1 heterocycles. The number of aromatic nitrogens is 1. The van der Waals surface area contributed by atoms with Gasteiger partial charge >= 0.3 is 0 Å². The molecule has 0 aliphatic rings. The summed E-state index contributed by atoms with van der Waals surface area (Å²) in [5, 5.41) is 2.63. The molecule has 0 fully saturated rings. The Kier molecular flexibility index (Phi) is 3.25. The van der Waals surface area contributed by atoms with Gasteiger partial charge in [0.1, 0.15) is 5.82 Å². The molecule has 0 saturated carbocycles. The van der Waals surface area contributed by atoms with Crippen LogP contribution in [0.25, 0.3) is 0 Å². The number of halogens is 3. The summed E-state index contributed by atoms with van der Waals surface area (Å²) < 4.78 is 23.5. The number of hydrogen-bond donors (Lipinski definition) is 2. The highest BCUT2D eigenvalue weighted by atomic mass is 35.5. The summed E-state index contributed by atoms with van der Waals surface area (Å²) in [7, 11) is 0. The third-order valence-electron chi connectivity index (χ3n) is 1.29. The van der Waals surface area contributed by atoms with E-state index in [1.165, 1.54) is 12.3 Å². The lowest BCUT2D eigenvalue weighted by Crippen LogP contribution is -2.11. The predicted molar refractivity (Wildman–Crippen MR) is 48.2 cm³/mol. The van der Waals surface area contributed by atoms with Gasteiger partial charge in [0.05, 0.1) is 23.5 Å². The van der Waals surface area contributed by atoms with Gasteiger partial charge in [-0.2, -0.15) is 0 Å². The molecule has 3 N–H and O–H groups in total. The molecule has 1 aromatic rings. The summed E-state index contributed by atoms with van der Waals surface area (Å²) in [6, 6.07) is 1.45. The van der Waals surface area contributed by atoms with Crippen LogP contribution < -0.4 is 11.1 Å². The molecule has 0 aromatic carbocycles. The van der Waals surface area contributed by atoms with E-state index in [-0.39, 0.29) is 10.8 Å². The Hall–Kier alpha value is -1.10. The molecule has 0 aliphatic heterocycles.